The molecule has 2 aromatic carbocycles. The summed E-state index contributed by atoms with van der Waals surface area (Å²) >= 11 is 1.78. The Morgan fingerprint density at radius 3 is 2.61 bits per heavy atom. The van der Waals surface area contributed by atoms with Gasteiger partial charge in [-0.25, -0.2) is 0 Å². The fourth-order valence-corrected chi connectivity index (χ4v) is 4.95. The number of anilines is 1. The van der Waals surface area contributed by atoms with Crippen LogP contribution >= 0.6 is 11.3 Å². The van der Waals surface area contributed by atoms with Crippen molar-refractivity contribution >= 4 is 22.9 Å². The van der Waals surface area contributed by atoms with Crippen LogP contribution in [0.5, 0.6) is 0 Å². The molecule has 3 N–H and O–H groups in total. The number of benzene rings is 2. The van der Waals surface area contributed by atoms with Gasteiger partial charge in [-0.2, -0.15) is 0 Å². The molecule has 162 valence electrons. The van der Waals surface area contributed by atoms with Crippen LogP contribution in [0.2, 0.25) is 0 Å². The third-order valence-electron chi connectivity index (χ3n) is 5.95. The Labute approximate surface area is 189 Å². The second-order valence-electron chi connectivity index (χ2n) is 8.71. The largest absolute Gasteiger partial charge is 0.380 e. The van der Waals surface area contributed by atoms with Gasteiger partial charge in [-0.15, -0.1) is 11.3 Å². The maximum Gasteiger partial charge on any atom is 0.252 e. The molecule has 0 spiro atoms. The van der Waals surface area contributed by atoms with Gasteiger partial charge < -0.3 is 16.0 Å². The number of rotatable bonds is 7. The molecule has 4 nitrogen and oxygen atoms in total. The highest BCUT2D eigenvalue weighted by atomic mass is 32.1. The van der Waals surface area contributed by atoms with Crippen LogP contribution in [0.15, 0.2) is 53.9 Å². The van der Waals surface area contributed by atoms with Gasteiger partial charge >= 0.3 is 0 Å². The van der Waals surface area contributed by atoms with Crippen molar-refractivity contribution < 1.29 is 4.79 Å². The van der Waals surface area contributed by atoms with Gasteiger partial charge in [0, 0.05) is 29.2 Å². The summed E-state index contributed by atoms with van der Waals surface area (Å²) in [6, 6.07) is 17.1. The van der Waals surface area contributed by atoms with Gasteiger partial charge in [-0.1, -0.05) is 38.1 Å². The standard InChI is InChI=1S/C26H31N3OS/c1-16(2)23-10-11-31-25(23)20-7-5-6-19(12-20)18(4)28-26(30)24-13-21(9-8-17(24)3)29-22-14-27-15-22/h5-13,16,18,22,27,29H,14-15H2,1-4H3,(H,28,30). The smallest absolute Gasteiger partial charge is 0.252 e. The average molecular weight is 434 g/mol. The molecular formula is C26H31N3OS. The lowest BCUT2D eigenvalue weighted by Crippen LogP contribution is -2.51. The third kappa shape index (κ3) is 4.83. The molecule has 0 saturated carbocycles. The number of carbonyl (C=O) groups excluding carboxylic acids is 1. The van der Waals surface area contributed by atoms with Crippen molar-refractivity contribution in [3.05, 3.63) is 76.2 Å². The summed E-state index contributed by atoms with van der Waals surface area (Å²) in [5.74, 6) is 0.450. The quantitative estimate of drug-likeness (QED) is 0.446. The molecule has 1 atom stereocenters. The highest BCUT2D eigenvalue weighted by Crippen LogP contribution is 2.35. The lowest BCUT2D eigenvalue weighted by molar-refractivity contribution is 0.0939. The van der Waals surface area contributed by atoms with Gasteiger partial charge in [-0.3, -0.25) is 4.79 Å². The Bertz CT molecular complexity index is 1070. The predicted octanol–water partition coefficient (Wildman–Crippen LogP) is 5.72. The van der Waals surface area contributed by atoms with Crippen molar-refractivity contribution in [2.75, 3.05) is 18.4 Å². The van der Waals surface area contributed by atoms with Gasteiger partial charge in [0.1, 0.15) is 0 Å². The van der Waals surface area contributed by atoms with E-state index in [1.165, 1.54) is 16.0 Å². The SMILES string of the molecule is Cc1ccc(NC2CNC2)cc1C(=O)NC(C)c1cccc(-c2sccc2C(C)C)c1. The van der Waals surface area contributed by atoms with Crippen molar-refractivity contribution in [3.8, 4) is 10.4 Å². The van der Waals surface area contributed by atoms with Crippen molar-refractivity contribution in [2.24, 2.45) is 0 Å². The minimum Gasteiger partial charge on any atom is -0.380 e. The minimum atomic E-state index is -0.0817. The number of thiophene rings is 1. The second-order valence-corrected chi connectivity index (χ2v) is 9.63. The summed E-state index contributed by atoms with van der Waals surface area (Å²) in [7, 11) is 0. The van der Waals surface area contributed by atoms with E-state index in [9.17, 15) is 4.79 Å². The predicted molar refractivity (Wildman–Crippen MR) is 131 cm³/mol. The summed E-state index contributed by atoms with van der Waals surface area (Å²) in [5, 5.41) is 12.1. The number of hydrogen-bond acceptors (Lipinski definition) is 4. The second kappa shape index (κ2) is 9.25. The van der Waals surface area contributed by atoms with E-state index in [4.69, 9.17) is 0 Å². The van der Waals surface area contributed by atoms with E-state index < -0.39 is 0 Å². The van der Waals surface area contributed by atoms with Crippen molar-refractivity contribution in [2.45, 2.75) is 45.7 Å². The fourth-order valence-electron chi connectivity index (χ4n) is 3.90. The zero-order valence-electron chi connectivity index (χ0n) is 18.7. The van der Waals surface area contributed by atoms with E-state index in [0.717, 1.165) is 35.5 Å². The van der Waals surface area contributed by atoms with Crippen LogP contribution in [-0.2, 0) is 0 Å². The summed E-state index contributed by atoms with van der Waals surface area (Å²) in [5.41, 5.74) is 6.41. The number of hydrogen-bond donors (Lipinski definition) is 3. The number of carbonyl (C=O) groups is 1. The lowest BCUT2D eigenvalue weighted by atomic mass is 9.98. The maximum absolute atomic E-state index is 13.1. The van der Waals surface area contributed by atoms with Crippen LogP contribution in [0.4, 0.5) is 5.69 Å². The Morgan fingerprint density at radius 1 is 1.10 bits per heavy atom. The van der Waals surface area contributed by atoms with Crippen LogP contribution in [0.1, 0.15) is 59.8 Å². The van der Waals surface area contributed by atoms with E-state index >= 15 is 0 Å². The van der Waals surface area contributed by atoms with E-state index in [1.54, 1.807) is 11.3 Å². The highest BCUT2D eigenvalue weighted by Gasteiger charge is 2.19. The topological polar surface area (TPSA) is 53.2 Å². The molecule has 1 amide bonds. The van der Waals surface area contributed by atoms with E-state index in [2.05, 4.69) is 65.5 Å². The van der Waals surface area contributed by atoms with Crippen LogP contribution in [-0.4, -0.2) is 25.0 Å². The molecule has 0 aliphatic carbocycles. The monoisotopic (exact) mass is 433 g/mol. The number of nitrogens with one attached hydrogen (secondary N) is 3. The first-order valence-electron chi connectivity index (χ1n) is 11.0. The zero-order valence-corrected chi connectivity index (χ0v) is 19.5. The zero-order chi connectivity index (χ0) is 22.0. The summed E-state index contributed by atoms with van der Waals surface area (Å²) in [6.07, 6.45) is 0. The first-order valence-corrected chi connectivity index (χ1v) is 11.9. The molecule has 3 aromatic rings. The van der Waals surface area contributed by atoms with Crippen LogP contribution < -0.4 is 16.0 Å². The van der Waals surface area contributed by atoms with Crippen LogP contribution in [0.3, 0.4) is 0 Å². The van der Waals surface area contributed by atoms with E-state index in [1.807, 2.05) is 32.0 Å². The first kappa shape index (κ1) is 21.6. The molecule has 1 unspecified atom stereocenters. The number of aryl methyl sites for hydroxylation is 1. The van der Waals surface area contributed by atoms with Gasteiger partial charge in [0.15, 0.2) is 0 Å². The molecule has 1 aliphatic heterocycles. The normalized spacial score (nSPS) is 14.9. The summed E-state index contributed by atoms with van der Waals surface area (Å²) < 4.78 is 0. The van der Waals surface area contributed by atoms with Crippen LogP contribution in [0.25, 0.3) is 10.4 Å². The molecule has 4 rings (SSSR count). The molecule has 1 saturated heterocycles. The first-order chi connectivity index (χ1) is 14.9. The molecule has 5 heteroatoms. The summed E-state index contributed by atoms with van der Waals surface area (Å²) in [6.45, 7) is 10.4. The van der Waals surface area contributed by atoms with Gasteiger partial charge in [-0.05, 0) is 71.7 Å². The molecule has 2 heterocycles. The number of amides is 1. The van der Waals surface area contributed by atoms with Crippen molar-refractivity contribution in [1.82, 2.24) is 10.6 Å². The molecule has 1 aromatic heterocycles. The Hall–Kier alpha value is -2.63. The molecule has 0 radical (unpaired) electrons. The fraction of sp³-hybridized carbons (Fsp3) is 0.346. The Morgan fingerprint density at radius 2 is 1.90 bits per heavy atom. The van der Waals surface area contributed by atoms with E-state index in [0.29, 0.717) is 12.0 Å². The molecular weight excluding hydrogens is 402 g/mol. The average Bonchev–Trinajstić information content (AvgIpc) is 3.22. The maximum atomic E-state index is 13.1. The van der Waals surface area contributed by atoms with Crippen LogP contribution in [0, 0.1) is 6.92 Å². The summed E-state index contributed by atoms with van der Waals surface area (Å²) in [4.78, 5) is 14.4. The van der Waals surface area contributed by atoms with E-state index in [-0.39, 0.29) is 11.9 Å². The van der Waals surface area contributed by atoms with Crippen molar-refractivity contribution in [1.29, 1.82) is 0 Å². The Balaban J connectivity index is 1.50. The molecule has 31 heavy (non-hydrogen) atoms. The third-order valence-corrected chi connectivity index (χ3v) is 6.93. The van der Waals surface area contributed by atoms with Gasteiger partial charge in [0.05, 0.1) is 12.1 Å². The van der Waals surface area contributed by atoms with Gasteiger partial charge in [0.25, 0.3) is 5.91 Å². The molecule has 0 bridgehead atoms. The Kier molecular flexibility index (Phi) is 6.44. The van der Waals surface area contributed by atoms with Gasteiger partial charge in [0.2, 0.25) is 0 Å². The molecule has 1 aliphatic rings. The molecule has 1 fully saturated rings. The van der Waals surface area contributed by atoms with Crippen molar-refractivity contribution in [3.63, 3.8) is 0 Å². The minimum absolute atomic E-state index is 0.0372. The lowest BCUT2D eigenvalue weighted by Gasteiger charge is -2.29. The highest BCUT2D eigenvalue weighted by molar-refractivity contribution is 7.13.